The number of aliphatic hydroxyl groups is 1. The third-order valence-electron chi connectivity index (χ3n) is 1.08. The summed E-state index contributed by atoms with van der Waals surface area (Å²) in [4.78, 5) is 10.7. The lowest BCUT2D eigenvalue weighted by atomic mass is 10.6. The number of methoxy groups -OCH3 is 1. The van der Waals surface area contributed by atoms with Crippen LogP contribution in [0.1, 0.15) is 0 Å². The minimum Gasteiger partial charge on any atom is -0.394 e. The summed E-state index contributed by atoms with van der Waals surface area (Å²) < 4.78 is 9.49. The van der Waals surface area contributed by atoms with Gasteiger partial charge in [-0.05, 0) is 0 Å². The van der Waals surface area contributed by atoms with Gasteiger partial charge in [0.1, 0.15) is 6.61 Å². The van der Waals surface area contributed by atoms with E-state index in [4.69, 9.17) is 9.84 Å². The second-order valence-electron chi connectivity index (χ2n) is 2.12. The Labute approximate surface area is 71.7 Å². The van der Waals surface area contributed by atoms with E-state index in [9.17, 15) is 4.79 Å². The van der Waals surface area contributed by atoms with Gasteiger partial charge < -0.3 is 19.9 Å². The van der Waals surface area contributed by atoms with Crippen LogP contribution in [-0.2, 0) is 14.3 Å². The van der Waals surface area contributed by atoms with Crippen LogP contribution in [0, 0.1) is 0 Å². The van der Waals surface area contributed by atoms with Gasteiger partial charge in [0, 0.05) is 13.7 Å². The van der Waals surface area contributed by atoms with Crippen LogP contribution in [0.3, 0.4) is 0 Å². The van der Waals surface area contributed by atoms with Crippen LogP contribution in [0.2, 0.25) is 0 Å². The molecule has 0 saturated heterocycles. The third-order valence-corrected chi connectivity index (χ3v) is 1.08. The van der Waals surface area contributed by atoms with Crippen LogP contribution in [0.4, 0.5) is 0 Å². The van der Waals surface area contributed by atoms with Crippen molar-refractivity contribution in [3.05, 3.63) is 0 Å². The largest absolute Gasteiger partial charge is 0.394 e. The predicted octanol–water partition coefficient (Wildman–Crippen LogP) is -1.24. The Hall–Kier alpha value is -0.650. The first-order valence-electron chi connectivity index (χ1n) is 3.75. The highest BCUT2D eigenvalue weighted by molar-refractivity contribution is 5.77. The summed E-state index contributed by atoms with van der Waals surface area (Å²) in [6.45, 7) is 1.24. The van der Waals surface area contributed by atoms with Crippen molar-refractivity contribution in [3.8, 4) is 0 Å². The van der Waals surface area contributed by atoms with E-state index >= 15 is 0 Å². The van der Waals surface area contributed by atoms with Crippen molar-refractivity contribution in [1.29, 1.82) is 0 Å². The average Bonchev–Trinajstić information content (AvgIpc) is 2.05. The lowest BCUT2D eigenvalue weighted by Gasteiger charge is -2.04. The summed E-state index contributed by atoms with van der Waals surface area (Å²) in [6.07, 6.45) is 0. The van der Waals surface area contributed by atoms with Crippen molar-refractivity contribution in [2.45, 2.75) is 0 Å². The number of nitrogens with one attached hydrogen (secondary N) is 1. The zero-order chi connectivity index (χ0) is 9.23. The third kappa shape index (κ3) is 7.46. The Morgan fingerprint density at radius 1 is 1.50 bits per heavy atom. The van der Waals surface area contributed by atoms with Crippen molar-refractivity contribution >= 4 is 5.91 Å². The highest BCUT2D eigenvalue weighted by Gasteiger charge is 1.97. The molecule has 5 nitrogen and oxygen atoms in total. The molecule has 12 heavy (non-hydrogen) atoms. The second-order valence-corrected chi connectivity index (χ2v) is 2.12. The van der Waals surface area contributed by atoms with Gasteiger partial charge in [0.05, 0.1) is 19.8 Å². The molecule has 0 spiro atoms. The Bertz CT molecular complexity index is 118. The van der Waals surface area contributed by atoms with E-state index in [1.54, 1.807) is 0 Å². The standard InChI is InChI=1S/C7H15NO4/c1-11-6-7(10)8-2-4-12-5-3-9/h9H,2-6H2,1H3,(H,8,10). The molecule has 0 aliphatic carbocycles. The molecule has 72 valence electrons. The van der Waals surface area contributed by atoms with Crippen molar-refractivity contribution in [2.24, 2.45) is 0 Å². The van der Waals surface area contributed by atoms with Gasteiger partial charge in [0.15, 0.2) is 0 Å². The molecular formula is C7H15NO4. The quantitative estimate of drug-likeness (QED) is 0.477. The van der Waals surface area contributed by atoms with Crippen LogP contribution in [0.5, 0.6) is 0 Å². The summed E-state index contributed by atoms with van der Waals surface area (Å²) in [5.41, 5.74) is 0. The zero-order valence-electron chi connectivity index (χ0n) is 7.21. The second kappa shape index (κ2) is 8.45. The zero-order valence-corrected chi connectivity index (χ0v) is 7.21. The summed E-state index contributed by atoms with van der Waals surface area (Å²) in [7, 11) is 1.46. The molecule has 0 unspecified atom stereocenters. The molecule has 5 heteroatoms. The molecule has 0 aromatic carbocycles. The average molecular weight is 177 g/mol. The van der Waals surface area contributed by atoms with E-state index in [2.05, 4.69) is 10.1 Å². The molecule has 0 aromatic rings. The van der Waals surface area contributed by atoms with Crippen molar-refractivity contribution in [3.63, 3.8) is 0 Å². The highest BCUT2D eigenvalue weighted by atomic mass is 16.5. The number of carbonyl (C=O) groups is 1. The monoisotopic (exact) mass is 177 g/mol. The summed E-state index contributed by atoms with van der Waals surface area (Å²) in [6, 6.07) is 0. The molecule has 0 atom stereocenters. The molecule has 0 radical (unpaired) electrons. The van der Waals surface area contributed by atoms with E-state index in [-0.39, 0.29) is 19.1 Å². The normalized spacial score (nSPS) is 9.83. The SMILES string of the molecule is COCC(=O)NCCOCCO. The van der Waals surface area contributed by atoms with Gasteiger partial charge in [-0.25, -0.2) is 0 Å². The van der Waals surface area contributed by atoms with E-state index in [0.29, 0.717) is 19.8 Å². The lowest BCUT2D eigenvalue weighted by Crippen LogP contribution is -2.30. The fourth-order valence-corrected chi connectivity index (χ4v) is 0.611. The van der Waals surface area contributed by atoms with Gasteiger partial charge in [-0.2, -0.15) is 0 Å². The molecule has 0 bridgehead atoms. The van der Waals surface area contributed by atoms with Crippen LogP contribution >= 0.6 is 0 Å². The fraction of sp³-hybridized carbons (Fsp3) is 0.857. The molecule has 0 aliphatic heterocycles. The molecule has 2 N–H and O–H groups in total. The smallest absolute Gasteiger partial charge is 0.246 e. The number of hydrogen-bond donors (Lipinski definition) is 2. The summed E-state index contributed by atoms with van der Waals surface area (Å²) in [5, 5.41) is 10.9. The Morgan fingerprint density at radius 3 is 2.83 bits per heavy atom. The lowest BCUT2D eigenvalue weighted by molar-refractivity contribution is -0.124. The minimum absolute atomic E-state index is 0.00597. The maximum absolute atomic E-state index is 10.7. The first-order chi connectivity index (χ1) is 5.81. The molecule has 0 fully saturated rings. The van der Waals surface area contributed by atoms with Crippen LogP contribution < -0.4 is 5.32 Å². The van der Waals surface area contributed by atoms with Gasteiger partial charge in [-0.15, -0.1) is 0 Å². The molecule has 0 heterocycles. The van der Waals surface area contributed by atoms with Crippen LogP contribution in [0.15, 0.2) is 0 Å². The molecule has 0 aromatic heterocycles. The van der Waals surface area contributed by atoms with Crippen LogP contribution in [0.25, 0.3) is 0 Å². The van der Waals surface area contributed by atoms with E-state index < -0.39 is 0 Å². The maximum atomic E-state index is 10.7. The number of rotatable bonds is 7. The molecule has 0 saturated carbocycles. The van der Waals surface area contributed by atoms with E-state index in [0.717, 1.165) is 0 Å². The number of amides is 1. The van der Waals surface area contributed by atoms with E-state index in [1.165, 1.54) is 7.11 Å². The van der Waals surface area contributed by atoms with Crippen molar-refractivity contribution in [1.82, 2.24) is 5.32 Å². The Morgan fingerprint density at radius 2 is 2.25 bits per heavy atom. The summed E-state index contributed by atoms with van der Waals surface area (Å²) in [5.74, 6) is -0.162. The fourth-order valence-electron chi connectivity index (χ4n) is 0.611. The molecule has 1 amide bonds. The topological polar surface area (TPSA) is 67.8 Å². The predicted molar refractivity (Wildman–Crippen MR) is 42.8 cm³/mol. The van der Waals surface area contributed by atoms with Gasteiger partial charge in [0.2, 0.25) is 5.91 Å². The first-order valence-corrected chi connectivity index (χ1v) is 3.75. The first kappa shape index (κ1) is 11.4. The van der Waals surface area contributed by atoms with Gasteiger partial charge >= 0.3 is 0 Å². The van der Waals surface area contributed by atoms with Crippen molar-refractivity contribution < 1.29 is 19.4 Å². The highest BCUT2D eigenvalue weighted by Crippen LogP contribution is 1.73. The Kier molecular flexibility index (Phi) is 7.99. The number of carbonyl (C=O) groups excluding carboxylic acids is 1. The molecule has 0 aliphatic rings. The Balaban J connectivity index is 3.03. The van der Waals surface area contributed by atoms with Crippen LogP contribution in [-0.4, -0.2) is 51.1 Å². The van der Waals surface area contributed by atoms with E-state index in [1.807, 2.05) is 0 Å². The number of hydrogen-bond acceptors (Lipinski definition) is 4. The van der Waals surface area contributed by atoms with Gasteiger partial charge in [-0.1, -0.05) is 0 Å². The summed E-state index contributed by atoms with van der Waals surface area (Å²) >= 11 is 0. The molecule has 0 rings (SSSR count). The number of ether oxygens (including phenoxy) is 2. The molecular weight excluding hydrogens is 162 g/mol. The van der Waals surface area contributed by atoms with Crippen molar-refractivity contribution in [2.75, 3.05) is 40.1 Å². The van der Waals surface area contributed by atoms with Gasteiger partial charge in [0.25, 0.3) is 0 Å². The minimum atomic E-state index is -0.162. The maximum Gasteiger partial charge on any atom is 0.246 e. The van der Waals surface area contributed by atoms with Gasteiger partial charge in [-0.3, -0.25) is 4.79 Å². The number of aliphatic hydroxyl groups excluding tert-OH is 1.